The van der Waals surface area contributed by atoms with Gasteiger partial charge in [-0.05, 0) is 35.9 Å². The molecule has 0 saturated heterocycles. The highest BCUT2D eigenvalue weighted by molar-refractivity contribution is 7.98. The second-order valence-corrected chi connectivity index (χ2v) is 9.69. The van der Waals surface area contributed by atoms with E-state index in [1.54, 1.807) is 36.4 Å². The number of aliphatic hydroxyl groups is 2. The summed E-state index contributed by atoms with van der Waals surface area (Å²) in [7, 11) is 0. The Kier molecular flexibility index (Phi) is 8.73. The van der Waals surface area contributed by atoms with Gasteiger partial charge in [-0.15, -0.1) is 11.3 Å². The van der Waals surface area contributed by atoms with E-state index >= 15 is 0 Å². The maximum atomic E-state index is 13.4. The minimum atomic E-state index is -1.00. The molecule has 0 bridgehead atoms. The van der Waals surface area contributed by atoms with Crippen LogP contribution in [0.1, 0.15) is 11.3 Å². The van der Waals surface area contributed by atoms with Gasteiger partial charge >= 0.3 is 0 Å². The second-order valence-electron chi connectivity index (χ2n) is 7.86. The monoisotopic (exact) mass is 548 g/mol. The number of thiazole rings is 1. The number of hydrogen-bond acceptors (Lipinski definition) is 10. The first kappa shape index (κ1) is 26.9. The van der Waals surface area contributed by atoms with Crippen molar-refractivity contribution in [1.29, 1.82) is 5.26 Å². The number of nitrogen functional groups attached to an aromatic ring is 1. The molecule has 4 rings (SSSR count). The fraction of sp³-hybridized carbons (Fsp3) is 0.154. The first-order valence-corrected chi connectivity index (χ1v) is 13.0. The molecular formula is C26H21FN6O3S2. The number of nitrogens with two attached hydrogens (primary N) is 1. The Bertz CT molecular complexity index is 1520. The van der Waals surface area contributed by atoms with Crippen LogP contribution < -0.4 is 15.8 Å². The number of hydrogen-bond donors (Lipinski definition) is 4. The van der Waals surface area contributed by atoms with E-state index in [0.29, 0.717) is 38.5 Å². The highest BCUT2D eigenvalue weighted by Gasteiger charge is 2.21. The molecule has 0 unspecified atom stereocenters. The molecule has 0 spiro atoms. The molecule has 2 heterocycles. The van der Waals surface area contributed by atoms with Gasteiger partial charge in [0.1, 0.15) is 41.2 Å². The third-order valence-corrected chi connectivity index (χ3v) is 6.98. The fourth-order valence-electron chi connectivity index (χ4n) is 3.40. The highest BCUT2D eigenvalue weighted by Crippen LogP contribution is 2.42. The van der Waals surface area contributed by atoms with Gasteiger partial charge in [-0.2, -0.15) is 5.26 Å². The summed E-state index contributed by atoms with van der Waals surface area (Å²) in [6.07, 6.45) is -1.00. The lowest BCUT2D eigenvalue weighted by Gasteiger charge is -2.14. The molecular weight excluding hydrogens is 527 g/mol. The Hall–Kier alpha value is -4.20. The van der Waals surface area contributed by atoms with Gasteiger partial charge in [0.25, 0.3) is 0 Å². The molecule has 0 radical (unpaired) electrons. The number of pyridine rings is 1. The summed E-state index contributed by atoms with van der Waals surface area (Å²) in [6.45, 7) is 7.12. The van der Waals surface area contributed by atoms with Gasteiger partial charge in [-0.25, -0.2) is 19.2 Å². The van der Waals surface area contributed by atoms with Gasteiger partial charge < -0.3 is 26.0 Å². The van der Waals surface area contributed by atoms with E-state index in [2.05, 4.69) is 26.2 Å². The predicted molar refractivity (Wildman–Crippen MR) is 145 cm³/mol. The molecule has 0 saturated carbocycles. The Balaban J connectivity index is 1.56. The number of benzene rings is 2. The Morgan fingerprint density at radius 1 is 1.26 bits per heavy atom. The fourth-order valence-corrected chi connectivity index (χ4v) is 5.12. The van der Waals surface area contributed by atoms with Crippen LogP contribution in [0.4, 0.5) is 26.7 Å². The van der Waals surface area contributed by atoms with Crippen molar-refractivity contribution in [2.45, 2.75) is 16.9 Å². The van der Waals surface area contributed by atoms with Crippen LogP contribution in [0.15, 0.2) is 58.9 Å². The van der Waals surface area contributed by atoms with Crippen molar-refractivity contribution in [3.63, 3.8) is 0 Å². The molecule has 9 nitrogen and oxygen atoms in total. The van der Waals surface area contributed by atoms with Crippen LogP contribution in [0, 0.1) is 23.7 Å². The first-order valence-electron chi connectivity index (χ1n) is 11.1. The Labute approximate surface area is 226 Å². The average molecular weight is 549 g/mol. The molecule has 4 aromatic rings. The van der Waals surface area contributed by atoms with Crippen molar-refractivity contribution in [3.8, 4) is 22.9 Å². The van der Waals surface area contributed by atoms with Crippen LogP contribution in [0.5, 0.6) is 5.75 Å². The number of aliphatic hydroxyl groups excluding tert-OH is 2. The number of nitrogens with zero attached hydrogens (tertiary/aromatic N) is 4. The number of nitrogens with one attached hydrogen (secondary N) is 1. The molecule has 0 aliphatic carbocycles. The highest BCUT2D eigenvalue weighted by atomic mass is 32.2. The topological polar surface area (TPSA) is 142 Å². The van der Waals surface area contributed by atoms with E-state index in [1.807, 2.05) is 5.38 Å². The maximum Gasteiger partial charge on any atom is 0.236 e. The molecule has 12 heteroatoms. The first-order chi connectivity index (χ1) is 18.4. The molecule has 38 heavy (non-hydrogen) atoms. The lowest BCUT2D eigenvalue weighted by molar-refractivity contribution is 0.0536. The summed E-state index contributed by atoms with van der Waals surface area (Å²) < 4.78 is 18.9. The smallest absolute Gasteiger partial charge is 0.236 e. The van der Waals surface area contributed by atoms with Crippen LogP contribution in [-0.4, -0.2) is 39.5 Å². The van der Waals surface area contributed by atoms with Gasteiger partial charge in [-0.1, -0.05) is 30.0 Å². The van der Waals surface area contributed by atoms with Crippen molar-refractivity contribution in [1.82, 2.24) is 9.97 Å². The molecule has 2 aromatic carbocycles. The number of thioether (sulfide) groups is 1. The molecule has 1 atom stereocenters. The minimum absolute atomic E-state index is 0.00892. The zero-order chi connectivity index (χ0) is 27.1. The Morgan fingerprint density at radius 3 is 2.74 bits per heavy atom. The van der Waals surface area contributed by atoms with E-state index in [4.69, 9.17) is 22.1 Å². The van der Waals surface area contributed by atoms with E-state index in [0.717, 1.165) is 5.69 Å². The number of nitriles is 1. The quantitative estimate of drug-likeness (QED) is 0.157. The van der Waals surface area contributed by atoms with E-state index in [-0.39, 0.29) is 29.5 Å². The summed E-state index contributed by atoms with van der Waals surface area (Å²) >= 11 is 2.63. The van der Waals surface area contributed by atoms with Crippen molar-refractivity contribution in [2.75, 3.05) is 24.3 Å². The standard InChI is InChI=1S/C26H21FN6O3S2/c1-30-23-22(15-5-7-20(8-6-15)36-12-19(35)11-34)21(10-28)25(33-24(23)29)37-13-18-14-38-26(32-18)31-17-4-2-3-16(27)9-17/h2-9,14,19,34-35H,11-13H2,(H2,29,33)(H,31,32)/t19-/m1/s1. The lowest BCUT2D eigenvalue weighted by atomic mass is 10.00. The van der Waals surface area contributed by atoms with Gasteiger partial charge in [0.15, 0.2) is 5.13 Å². The second kappa shape index (κ2) is 12.4. The van der Waals surface area contributed by atoms with Gasteiger partial charge in [0, 0.05) is 22.4 Å². The van der Waals surface area contributed by atoms with Crippen LogP contribution in [0.25, 0.3) is 16.0 Å². The van der Waals surface area contributed by atoms with E-state index in [1.165, 1.54) is 35.2 Å². The van der Waals surface area contributed by atoms with Crippen LogP contribution in [-0.2, 0) is 5.75 Å². The average Bonchev–Trinajstić information content (AvgIpc) is 3.37. The third-order valence-electron chi connectivity index (χ3n) is 5.17. The van der Waals surface area contributed by atoms with Crippen LogP contribution in [0.2, 0.25) is 0 Å². The summed E-state index contributed by atoms with van der Waals surface area (Å²) in [5, 5.41) is 34.3. The summed E-state index contributed by atoms with van der Waals surface area (Å²) in [4.78, 5) is 12.4. The zero-order valence-corrected chi connectivity index (χ0v) is 21.4. The molecule has 0 fully saturated rings. The van der Waals surface area contributed by atoms with Crippen LogP contribution >= 0.6 is 23.1 Å². The number of ether oxygens (including phenoxy) is 1. The maximum absolute atomic E-state index is 13.4. The van der Waals surface area contributed by atoms with E-state index < -0.39 is 12.7 Å². The minimum Gasteiger partial charge on any atom is -0.491 e. The van der Waals surface area contributed by atoms with Crippen molar-refractivity contribution < 1.29 is 19.3 Å². The Morgan fingerprint density at radius 2 is 2.05 bits per heavy atom. The number of aromatic nitrogens is 2. The molecule has 192 valence electrons. The van der Waals surface area contributed by atoms with E-state index in [9.17, 15) is 14.8 Å². The molecule has 5 N–H and O–H groups in total. The number of anilines is 3. The molecule has 0 amide bonds. The van der Waals surface area contributed by atoms with Crippen molar-refractivity contribution in [3.05, 3.63) is 82.4 Å². The van der Waals surface area contributed by atoms with Gasteiger partial charge in [-0.3, -0.25) is 0 Å². The number of rotatable bonds is 10. The number of halogens is 1. The van der Waals surface area contributed by atoms with Crippen molar-refractivity contribution in [2.24, 2.45) is 0 Å². The zero-order valence-electron chi connectivity index (χ0n) is 19.8. The summed E-state index contributed by atoms with van der Waals surface area (Å²) in [5.74, 6) is 0.497. The van der Waals surface area contributed by atoms with Gasteiger partial charge in [0.05, 0.1) is 24.4 Å². The predicted octanol–water partition coefficient (Wildman–Crippen LogP) is 5.12. The normalized spacial score (nSPS) is 11.4. The van der Waals surface area contributed by atoms with Gasteiger partial charge in [0.2, 0.25) is 5.69 Å². The van der Waals surface area contributed by atoms with Crippen molar-refractivity contribution >= 4 is 45.4 Å². The SMILES string of the molecule is [C-]#[N+]c1c(N)nc(SCc2csc(Nc3cccc(F)c3)n2)c(C#N)c1-c1ccc(OC[C@H](O)CO)cc1. The third kappa shape index (κ3) is 6.37. The largest absolute Gasteiger partial charge is 0.491 e. The summed E-state index contributed by atoms with van der Waals surface area (Å²) in [5.41, 5.74) is 8.66. The molecule has 0 aliphatic heterocycles. The molecule has 2 aromatic heterocycles. The van der Waals surface area contributed by atoms with Crippen LogP contribution in [0.3, 0.4) is 0 Å². The molecule has 0 aliphatic rings. The lowest BCUT2D eigenvalue weighted by Crippen LogP contribution is -2.21. The summed E-state index contributed by atoms with van der Waals surface area (Å²) in [6, 6.07) is 14.9.